The highest BCUT2D eigenvalue weighted by Gasteiger charge is 2.23. The van der Waals surface area contributed by atoms with E-state index in [0.29, 0.717) is 47.6 Å². The molecule has 1 saturated heterocycles. The van der Waals surface area contributed by atoms with Gasteiger partial charge in [0.05, 0.1) is 30.1 Å². The quantitative estimate of drug-likeness (QED) is 0.648. The predicted molar refractivity (Wildman–Crippen MR) is 102 cm³/mol. The first-order chi connectivity index (χ1) is 13.6. The number of furan rings is 1. The molecule has 1 fully saturated rings. The molecule has 28 heavy (non-hydrogen) atoms. The average molecular weight is 380 g/mol. The van der Waals surface area contributed by atoms with Crippen LogP contribution in [0.5, 0.6) is 0 Å². The van der Waals surface area contributed by atoms with E-state index in [9.17, 15) is 9.59 Å². The molecule has 1 unspecified atom stereocenters. The Labute approximate surface area is 161 Å². The van der Waals surface area contributed by atoms with Crippen molar-refractivity contribution >= 4 is 22.8 Å². The summed E-state index contributed by atoms with van der Waals surface area (Å²) in [5.41, 5.74) is 1.53. The molecular weight excluding hydrogens is 360 g/mol. The molecule has 7 heteroatoms. The van der Waals surface area contributed by atoms with Crippen molar-refractivity contribution < 1.29 is 23.5 Å². The number of hydrogen-bond acceptors (Lipinski definition) is 6. The number of fused-ring (bicyclic) bond motifs is 1. The van der Waals surface area contributed by atoms with Crippen molar-refractivity contribution in [2.75, 3.05) is 26.3 Å². The lowest BCUT2D eigenvalue weighted by atomic mass is 10.1. The number of carbonyl (C=O) groups excluding carboxylic acids is 2. The summed E-state index contributed by atoms with van der Waals surface area (Å²) >= 11 is 0. The summed E-state index contributed by atoms with van der Waals surface area (Å²) in [5, 5.41) is 0.662. The van der Waals surface area contributed by atoms with Crippen molar-refractivity contribution in [3.05, 3.63) is 54.3 Å². The van der Waals surface area contributed by atoms with Crippen LogP contribution in [0.4, 0.5) is 0 Å². The third-order valence-electron chi connectivity index (χ3n) is 4.63. The summed E-state index contributed by atoms with van der Waals surface area (Å²) in [4.78, 5) is 31.3. The van der Waals surface area contributed by atoms with E-state index in [-0.39, 0.29) is 18.6 Å². The van der Waals surface area contributed by atoms with E-state index in [0.717, 1.165) is 0 Å². The number of amides is 1. The number of nitrogens with zero attached hydrogens (tertiary/aromatic N) is 2. The molecule has 0 saturated carbocycles. The first kappa shape index (κ1) is 18.2. The predicted octanol–water partition coefficient (Wildman–Crippen LogP) is 2.90. The highest BCUT2D eigenvalue weighted by molar-refractivity contribution is 6.05. The maximum absolute atomic E-state index is 12.8. The minimum atomic E-state index is -0.568. The third-order valence-corrected chi connectivity index (χ3v) is 4.63. The van der Waals surface area contributed by atoms with E-state index in [1.165, 1.54) is 0 Å². The molecule has 0 spiro atoms. The Kier molecular flexibility index (Phi) is 5.08. The van der Waals surface area contributed by atoms with Crippen molar-refractivity contribution in [1.82, 2.24) is 9.88 Å². The lowest BCUT2D eigenvalue weighted by molar-refractivity contribution is -0.141. The lowest BCUT2D eigenvalue weighted by Crippen LogP contribution is -2.46. The minimum absolute atomic E-state index is 0.0200. The van der Waals surface area contributed by atoms with Crippen LogP contribution >= 0.6 is 0 Å². The standard InChI is InChI=1S/C21H20N2O5/c1-14-12-23(8-10-26-14)20(24)13-28-21(25)16-11-18(19-7-4-9-27-19)22-17-6-3-2-5-15(16)17/h2-7,9,11,14H,8,10,12-13H2,1H3. The maximum Gasteiger partial charge on any atom is 0.339 e. The van der Waals surface area contributed by atoms with Crippen molar-refractivity contribution in [1.29, 1.82) is 0 Å². The summed E-state index contributed by atoms with van der Waals surface area (Å²) in [5.74, 6) is -0.243. The molecule has 1 amide bonds. The molecule has 0 N–H and O–H groups in total. The molecule has 1 aliphatic rings. The van der Waals surface area contributed by atoms with Gasteiger partial charge in [-0.3, -0.25) is 4.79 Å². The number of carbonyl (C=O) groups is 2. The normalized spacial score (nSPS) is 16.9. The zero-order valence-corrected chi connectivity index (χ0v) is 15.5. The molecule has 1 aromatic carbocycles. The van der Waals surface area contributed by atoms with E-state index < -0.39 is 5.97 Å². The number of rotatable bonds is 4. The summed E-state index contributed by atoms with van der Waals surface area (Å²) in [6.07, 6.45) is 1.53. The van der Waals surface area contributed by atoms with E-state index in [4.69, 9.17) is 13.9 Å². The van der Waals surface area contributed by atoms with Crippen molar-refractivity contribution in [3.8, 4) is 11.5 Å². The van der Waals surface area contributed by atoms with Crippen molar-refractivity contribution in [2.24, 2.45) is 0 Å². The topological polar surface area (TPSA) is 81.9 Å². The highest BCUT2D eigenvalue weighted by atomic mass is 16.5. The van der Waals surface area contributed by atoms with Crippen LogP contribution < -0.4 is 0 Å². The lowest BCUT2D eigenvalue weighted by Gasteiger charge is -2.30. The number of ether oxygens (including phenoxy) is 2. The fraction of sp³-hybridized carbons (Fsp3) is 0.286. The second kappa shape index (κ2) is 7.82. The highest BCUT2D eigenvalue weighted by Crippen LogP contribution is 2.25. The first-order valence-corrected chi connectivity index (χ1v) is 9.12. The Hall–Kier alpha value is -3.19. The summed E-state index contributed by atoms with van der Waals surface area (Å²) in [7, 11) is 0. The second-order valence-corrected chi connectivity index (χ2v) is 6.65. The number of benzene rings is 1. The summed E-state index contributed by atoms with van der Waals surface area (Å²) in [6, 6.07) is 12.5. The number of aromatic nitrogens is 1. The maximum atomic E-state index is 12.8. The molecule has 7 nitrogen and oxygen atoms in total. The van der Waals surface area contributed by atoms with Crippen LogP contribution in [0.25, 0.3) is 22.4 Å². The van der Waals surface area contributed by atoms with Gasteiger partial charge in [0.2, 0.25) is 0 Å². The summed E-state index contributed by atoms with van der Waals surface area (Å²) < 4.78 is 16.2. The number of hydrogen-bond donors (Lipinski definition) is 0. The molecule has 0 radical (unpaired) electrons. The Bertz CT molecular complexity index is 999. The number of esters is 1. The van der Waals surface area contributed by atoms with Gasteiger partial charge in [0.1, 0.15) is 5.69 Å². The molecule has 3 aromatic rings. The van der Waals surface area contributed by atoms with E-state index in [2.05, 4.69) is 4.98 Å². The SMILES string of the molecule is CC1CN(C(=O)COC(=O)c2cc(-c3ccco3)nc3ccccc23)CCO1. The molecule has 3 heterocycles. The monoisotopic (exact) mass is 380 g/mol. The van der Waals surface area contributed by atoms with Crippen molar-refractivity contribution in [2.45, 2.75) is 13.0 Å². The van der Waals surface area contributed by atoms with Gasteiger partial charge < -0.3 is 18.8 Å². The van der Waals surface area contributed by atoms with Gasteiger partial charge in [0, 0.05) is 18.5 Å². The van der Waals surface area contributed by atoms with E-state index in [1.54, 1.807) is 35.4 Å². The second-order valence-electron chi connectivity index (χ2n) is 6.65. The zero-order chi connectivity index (χ0) is 19.5. The first-order valence-electron chi connectivity index (χ1n) is 9.12. The van der Waals surface area contributed by atoms with Crippen LogP contribution in [0.2, 0.25) is 0 Å². The van der Waals surface area contributed by atoms with E-state index in [1.807, 2.05) is 25.1 Å². The van der Waals surface area contributed by atoms with Crippen LogP contribution in [0.15, 0.2) is 53.1 Å². The number of pyridine rings is 1. The van der Waals surface area contributed by atoms with Gasteiger partial charge in [-0.25, -0.2) is 9.78 Å². The fourth-order valence-corrected chi connectivity index (χ4v) is 3.24. The molecule has 1 atom stereocenters. The third kappa shape index (κ3) is 3.75. The van der Waals surface area contributed by atoms with Gasteiger partial charge in [-0.2, -0.15) is 0 Å². The van der Waals surface area contributed by atoms with Crippen molar-refractivity contribution in [3.63, 3.8) is 0 Å². The van der Waals surface area contributed by atoms with E-state index >= 15 is 0 Å². The van der Waals surface area contributed by atoms with Crippen LogP contribution in [0.1, 0.15) is 17.3 Å². The largest absolute Gasteiger partial charge is 0.463 e. The van der Waals surface area contributed by atoms with Gasteiger partial charge in [0.15, 0.2) is 12.4 Å². The molecule has 0 aliphatic carbocycles. The molecule has 4 rings (SSSR count). The smallest absolute Gasteiger partial charge is 0.339 e. The minimum Gasteiger partial charge on any atom is -0.463 e. The fourth-order valence-electron chi connectivity index (χ4n) is 3.24. The number of morpholine rings is 1. The van der Waals surface area contributed by atoms with Crippen LogP contribution in [-0.4, -0.2) is 54.2 Å². The Balaban J connectivity index is 1.56. The van der Waals surface area contributed by atoms with Gasteiger partial charge >= 0.3 is 5.97 Å². The zero-order valence-electron chi connectivity index (χ0n) is 15.5. The molecule has 144 valence electrons. The number of para-hydroxylation sites is 1. The molecular formula is C21H20N2O5. The Morgan fingerprint density at radius 2 is 2.11 bits per heavy atom. The van der Waals surface area contributed by atoms with Gasteiger partial charge in [-0.05, 0) is 31.2 Å². The average Bonchev–Trinajstić information content (AvgIpc) is 3.26. The Morgan fingerprint density at radius 3 is 2.89 bits per heavy atom. The molecule has 1 aliphatic heterocycles. The molecule has 0 bridgehead atoms. The summed E-state index contributed by atoms with van der Waals surface area (Å²) in [6.45, 7) is 3.09. The van der Waals surface area contributed by atoms with Gasteiger partial charge in [-0.15, -0.1) is 0 Å². The van der Waals surface area contributed by atoms with Gasteiger partial charge in [0.25, 0.3) is 5.91 Å². The van der Waals surface area contributed by atoms with Crippen LogP contribution in [-0.2, 0) is 14.3 Å². The van der Waals surface area contributed by atoms with Crippen LogP contribution in [0.3, 0.4) is 0 Å². The van der Waals surface area contributed by atoms with Gasteiger partial charge in [-0.1, -0.05) is 18.2 Å². The molecule has 2 aromatic heterocycles. The van der Waals surface area contributed by atoms with Crippen LogP contribution in [0, 0.1) is 0 Å². The Morgan fingerprint density at radius 1 is 1.25 bits per heavy atom.